The Hall–Kier alpha value is -2.54. The normalized spacial score (nSPS) is 11.8. The molecule has 2 rings (SSSR count). The molecule has 0 aliphatic carbocycles. The van der Waals surface area contributed by atoms with Crippen LogP contribution in [0, 0.1) is 20.8 Å². The van der Waals surface area contributed by atoms with Crippen LogP contribution in [0.4, 0.5) is 0 Å². The van der Waals surface area contributed by atoms with E-state index >= 15 is 0 Å². The van der Waals surface area contributed by atoms with Gasteiger partial charge in [-0.05, 0) is 44.0 Å². The monoisotopic (exact) mass is 334 g/mol. The molecular weight excluding hydrogens is 316 g/mol. The van der Waals surface area contributed by atoms with Crippen LogP contribution in [0.5, 0.6) is 11.5 Å². The predicted octanol–water partition coefficient (Wildman–Crippen LogP) is 2.34. The van der Waals surface area contributed by atoms with Crippen molar-refractivity contribution < 1.29 is 18.6 Å². The van der Waals surface area contributed by atoms with E-state index in [0.29, 0.717) is 11.1 Å². The van der Waals surface area contributed by atoms with Crippen LogP contribution in [-0.4, -0.2) is 24.8 Å². The Bertz CT molecular complexity index is 851. The second-order valence-corrected chi connectivity index (χ2v) is 6.89. The number of hydrazone groups is 1. The lowest BCUT2D eigenvalue weighted by atomic mass is 10.1. The Kier molecular flexibility index (Phi) is 4.60. The molecule has 0 fully saturated rings. The van der Waals surface area contributed by atoms with Crippen LogP contribution in [-0.2, 0) is 10.0 Å². The molecule has 6 nitrogen and oxygen atoms in total. The SMILES string of the molecule is Cc1cc(C)c(S(=O)(=O)NN=Cc2cccc(O)c2O)c(C)c1. The number of hydrogen-bond donors (Lipinski definition) is 3. The summed E-state index contributed by atoms with van der Waals surface area (Å²) in [4.78, 5) is 2.30. The van der Waals surface area contributed by atoms with Gasteiger partial charge in [0.1, 0.15) is 0 Å². The molecule has 23 heavy (non-hydrogen) atoms. The predicted molar refractivity (Wildman–Crippen MR) is 88.3 cm³/mol. The van der Waals surface area contributed by atoms with Crippen LogP contribution in [0.25, 0.3) is 0 Å². The van der Waals surface area contributed by atoms with Gasteiger partial charge in [0.05, 0.1) is 11.1 Å². The highest BCUT2D eigenvalue weighted by Crippen LogP contribution is 2.26. The van der Waals surface area contributed by atoms with Crippen molar-refractivity contribution in [1.29, 1.82) is 0 Å². The zero-order valence-corrected chi connectivity index (χ0v) is 13.8. The molecule has 0 amide bonds. The molecule has 0 aliphatic heterocycles. The fraction of sp³-hybridized carbons (Fsp3) is 0.188. The first-order chi connectivity index (χ1) is 10.7. The van der Waals surface area contributed by atoms with Crippen molar-refractivity contribution in [1.82, 2.24) is 4.83 Å². The van der Waals surface area contributed by atoms with E-state index in [4.69, 9.17) is 0 Å². The minimum absolute atomic E-state index is 0.181. The largest absolute Gasteiger partial charge is 0.504 e. The fourth-order valence-electron chi connectivity index (χ4n) is 2.45. The van der Waals surface area contributed by atoms with Crippen molar-refractivity contribution >= 4 is 16.2 Å². The molecule has 0 spiro atoms. The van der Waals surface area contributed by atoms with E-state index in [-0.39, 0.29) is 22.0 Å². The smallest absolute Gasteiger partial charge is 0.277 e. The lowest BCUT2D eigenvalue weighted by Gasteiger charge is -2.11. The van der Waals surface area contributed by atoms with Crippen molar-refractivity contribution in [3.8, 4) is 11.5 Å². The summed E-state index contributed by atoms with van der Waals surface area (Å²) < 4.78 is 24.8. The maximum atomic E-state index is 12.4. The number of aryl methyl sites for hydroxylation is 3. The van der Waals surface area contributed by atoms with Gasteiger partial charge in [-0.1, -0.05) is 23.8 Å². The second kappa shape index (κ2) is 6.29. The summed E-state index contributed by atoms with van der Waals surface area (Å²) >= 11 is 0. The van der Waals surface area contributed by atoms with Gasteiger partial charge in [-0.25, -0.2) is 4.83 Å². The lowest BCUT2D eigenvalue weighted by Crippen LogP contribution is -2.20. The number of phenols is 2. The number of nitrogens with one attached hydrogen (secondary N) is 1. The molecule has 0 aliphatic rings. The lowest BCUT2D eigenvalue weighted by molar-refractivity contribution is 0.403. The van der Waals surface area contributed by atoms with Crippen molar-refractivity contribution in [2.75, 3.05) is 0 Å². The molecule has 7 heteroatoms. The van der Waals surface area contributed by atoms with Crippen molar-refractivity contribution in [3.63, 3.8) is 0 Å². The average Bonchev–Trinajstić information content (AvgIpc) is 2.41. The van der Waals surface area contributed by atoms with Crippen molar-refractivity contribution in [2.24, 2.45) is 5.10 Å². The summed E-state index contributed by atoms with van der Waals surface area (Å²) in [6.45, 7) is 5.34. The molecule has 0 heterocycles. The van der Waals surface area contributed by atoms with Gasteiger partial charge < -0.3 is 10.2 Å². The third-order valence-corrected chi connectivity index (χ3v) is 4.82. The molecular formula is C16H18N2O4S. The summed E-state index contributed by atoms with van der Waals surface area (Å²) in [5, 5.41) is 22.7. The zero-order chi connectivity index (χ0) is 17.2. The Morgan fingerprint density at radius 2 is 1.70 bits per heavy atom. The van der Waals surface area contributed by atoms with Gasteiger partial charge in [-0.2, -0.15) is 13.5 Å². The van der Waals surface area contributed by atoms with Gasteiger partial charge >= 0.3 is 0 Å². The molecule has 0 bridgehead atoms. The maximum absolute atomic E-state index is 12.4. The quantitative estimate of drug-likeness (QED) is 0.454. The van der Waals surface area contributed by atoms with E-state index in [2.05, 4.69) is 9.93 Å². The molecule has 0 atom stereocenters. The van der Waals surface area contributed by atoms with Gasteiger partial charge in [0.25, 0.3) is 10.0 Å². The topological polar surface area (TPSA) is 99.0 Å². The molecule has 2 aromatic carbocycles. The third kappa shape index (κ3) is 3.62. The summed E-state index contributed by atoms with van der Waals surface area (Å²) in [6.07, 6.45) is 1.13. The first-order valence-corrected chi connectivity index (χ1v) is 8.34. The molecule has 0 radical (unpaired) electrons. The Morgan fingerprint density at radius 3 is 2.30 bits per heavy atom. The summed E-state index contributed by atoms with van der Waals surface area (Å²) in [5.74, 6) is -0.667. The van der Waals surface area contributed by atoms with Crippen LogP contribution in [0.1, 0.15) is 22.3 Å². The third-order valence-electron chi connectivity index (χ3n) is 3.30. The highest BCUT2D eigenvalue weighted by atomic mass is 32.2. The molecule has 3 N–H and O–H groups in total. The minimum Gasteiger partial charge on any atom is -0.504 e. The fourth-order valence-corrected chi connectivity index (χ4v) is 3.70. The van der Waals surface area contributed by atoms with Crippen LogP contribution in [0.2, 0.25) is 0 Å². The summed E-state index contributed by atoms with van der Waals surface area (Å²) in [5.41, 5.74) is 2.44. The van der Waals surface area contributed by atoms with Crippen molar-refractivity contribution in [3.05, 3.63) is 52.6 Å². The molecule has 2 aromatic rings. The van der Waals surface area contributed by atoms with Gasteiger partial charge in [-0.15, -0.1) is 0 Å². The maximum Gasteiger partial charge on any atom is 0.277 e. The summed E-state index contributed by atoms with van der Waals surface area (Å²) in [7, 11) is -3.82. The Labute approximate surface area is 135 Å². The highest BCUT2D eigenvalue weighted by molar-refractivity contribution is 7.89. The van der Waals surface area contributed by atoms with E-state index < -0.39 is 10.0 Å². The highest BCUT2D eigenvalue weighted by Gasteiger charge is 2.19. The second-order valence-electron chi connectivity index (χ2n) is 5.30. The summed E-state index contributed by atoms with van der Waals surface area (Å²) in [6, 6.07) is 7.89. The minimum atomic E-state index is -3.82. The van der Waals surface area contributed by atoms with Crippen LogP contribution >= 0.6 is 0 Å². The number of hydrogen-bond acceptors (Lipinski definition) is 5. The van der Waals surface area contributed by atoms with E-state index in [1.54, 1.807) is 26.0 Å². The number of para-hydroxylation sites is 1. The molecule has 0 saturated heterocycles. The number of nitrogens with zero attached hydrogens (tertiary/aromatic N) is 1. The molecule has 0 saturated carbocycles. The van der Waals surface area contributed by atoms with Crippen LogP contribution in [0.3, 0.4) is 0 Å². The number of rotatable bonds is 4. The van der Waals surface area contributed by atoms with Crippen LogP contribution in [0.15, 0.2) is 40.3 Å². The number of aromatic hydroxyl groups is 2. The molecule has 0 aromatic heterocycles. The standard InChI is InChI=1S/C16H18N2O4S/c1-10-7-11(2)16(12(3)8-10)23(21,22)18-17-9-13-5-4-6-14(19)15(13)20/h4-9,18-20H,1-3H3. The van der Waals surface area contributed by atoms with E-state index in [1.165, 1.54) is 18.2 Å². The Morgan fingerprint density at radius 1 is 1.09 bits per heavy atom. The van der Waals surface area contributed by atoms with E-state index in [0.717, 1.165) is 11.8 Å². The first-order valence-electron chi connectivity index (χ1n) is 6.86. The number of sulfonamides is 1. The molecule has 0 unspecified atom stereocenters. The van der Waals surface area contributed by atoms with Gasteiger partial charge in [0.2, 0.25) is 0 Å². The van der Waals surface area contributed by atoms with Crippen molar-refractivity contribution in [2.45, 2.75) is 25.7 Å². The van der Waals surface area contributed by atoms with E-state index in [1.807, 2.05) is 6.92 Å². The van der Waals surface area contributed by atoms with Gasteiger partial charge in [0.15, 0.2) is 11.5 Å². The van der Waals surface area contributed by atoms with E-state index in [9.17, 15) is 18.6 Å². The van der Waals surface area contributed by atoms with Gasteiger partial charge in [0, 0.05) is 5.56 Å². The average molecular weight is 334 g/mol. The van der Waals surface area contributed by atoms with Crippen LogP contribution < -0.4 is 4.83 Å². The number of phenolic OH excluding ortho intramolecular Hbond substituents is 2. The molecule has 122 valence electrons. The zero-order valence-electron chi connectivity index (χ0n) is 13.0. The Balaban J connectivity index is 2.29. The first kappa shape index (κ1) is 16.8. The van der Waals surface area contributed by atoms with Gasteiger partial charge in [-0.3, -0.25) is 0 Å². The number of benzene rings is 2.